The Morgan fingerprint density at radius 1 is 1.60 bits per heavy atom. The minimum absolute atomic E-state index is 0.0725. The van der Waals surface area contributed by atoms with Crippen molar-refractivity contribution in [2.24, 2.45) is 5.92 Å². The van der Waals surface area contributed by atoms with Gasteiger partial charge in [0.25, 0.3) is 0 Å². The molecule has 1 saturated carbocycles. The van der Waals surface area contributed by atoms with Crippen molar-refractivity contribution >= 4 is 0 Å². The minimum atomic E-state index is -0.0725. The molecule has 0 saturated heterocycles. The Balaban J connectivity index is 2.17. The first-order valence-corrected chi connectivity index (χ1v) is 7.74. The van der Waals surface area contributed by atoms with Gasteiger partial charge >= 0.3 is 0 Å². The van der Waals surface area contributed by atoms with Crippen molar-refractivity contribution in [3.8, 4) is 0 Å². The van der Waals surface area contributed by atoms with Gasteiger partial charge in [0.2, 0.25) is 0 Å². The summed E-state index contributed by atoms with van der Waals surface area (Å²) in [6, 6.07) is 0.282. The van der Waals surface area contributed by atoms with Crippen LogP contribution in [0.15, 0.2) is 6.33 Å². The van der Waals surface area contributed by atoms with Crippen LogP contribution in [0.3, 0.4) is 0 Å². The van der Waals surface area contributed by atoms with Gasteiger partial charge in [0.05, 0.1) is 5.60 Å². The smallest absolute Gasteiger partial charge is 0.138 e. The number of nitrogens with zero attached hydrogens (tertiary/aromatic N) is 3. The van der Waals surface area contributed by atoms with E-state index in [0.29, 0.717) is 0 Å². The zero-order valence-corrected chi connectivity index (χ0v) is 13.2. The number of ether oxygens (including phenoxy) is 1. The summed E-state index contributed by atoms with van der Waals surface area (Å²) in [7, 11) is 3.88. The monoisotopic (exact) mass is 280 g/mol. The molecule has 0 spiro atoms. The van der Waals surface area contributed by atoms with Crippen LogP contribution < -0.4 is 5.32 Å². The van der Waals surface area contributed by atoms with Gasteiger partial charge in [-0.3, -0.25) is 4.68 Å². The van der Waals surface area contributed by atoms with E-state index in [0.717, 1.165) is 37.5 Å². The molecular formula is C15H28N4O. The number of aromatic nitrogens is 3. The highest BCUT2D eigenvalue weighted by atomic mass is 16.5. The molecule has 0 aliphatic heterocycles. The number of aryl methyl sites for hydroxylation is 1. The summed E-state index contributed by atoms with van der Waals surface area (Å²) in [5.74, 6) is 1.77. The molecule has 1 fully saturated rings. The lowest BCUT2D eigenvalue weighted by molar-refractivity contribution is -0.0780. The molecule has 2 rings (SSSR count). The average Bonchev–Trinajstić information content (AvgIpc) is 2.91. The summed E-state index contributed by atoms with van der Waals surface area (Å²) in [5.41, 5.74) is -0.0725. The van der Waals surface area contributed by atoms with Gasteiger partial charge in [0.1, 0.15) is 12.2 Å². The van der Waals surface area contributed by atoms with E-state index in [1.807, 2.05) is 18.8 Å². The fraction of sp³-hybridized carbons (Fsp3) is 0.867. The minimum Gasteiger partial charge on any atom is -0.377 e. The molecule has 0 aromatic carbocycles. The summed E-state index contributed by atoms with van der Waals surface area (Å²) >= 11 is 0. The third kappa shape index (κ3) is 3.04. The van der Waals surface area contributed by atoms with Crippen LogP contribution in [0.25, 0.3) is 0 Å². The molecule has 0 radical (unpaired) electrons. The number of methoxy groups -OCH3 is 1. The van der Waals surface area contributed by atoms with E-state index in [1.165, 1.54) is 12.8 Å². The predicted octanol–water partition coefficient (Wildman–Crippen LogP) is 2.02. The lowest BCUT2D eigenvalue weighted by atomic mass is 9.73. The zero-order valence-electron chi connectivity index (χ0n) is 13.2. The van der Waals surface area contributed by atoms with E-state index in [4.69, 9.17) is 4.74 Å². The lowest BCUT2D eigenvalue weighted by Gasteiger charge is -2.44. The predicted molar refractivity (Wildman–Crippen MR) is 79.6 cm³/mol. The highest BCUT2D eigenvalue weighted by molar-refractivity contribution is 5.02. The van der Waals surface area contributed by atoms with Crippen molar-refractivity contribution in [3.05, 3.63) is 12.2 Å². The van der Waals surface area contributed by atoms with Crippen LogP contribution in [0.1, 0.15) is 45.4 Å². The first-order chi connectivity index (χ1) is 9.65. The first kappa shape index (κ1) is 15.4. The second kappa shape index (κ2) is 6.68. The Bertz CT molecular complexity index is 420. The molecule has 20 heavy (non-hydrogen) atoms. The Labute approximate surface area is 122 Å². The second-order valence-corrected chi connectivity index (χ2v) is 6.01. The van der Waals surface area contributed by atoms with Crippen molar-refractivity contribution in [1.82, 2.24) is 20.1 Å². The van der Waals surface area contributed by atoms with Crippen molar-refractivity contribution in [1.29, 1.82) is 0 Å². The van der Waals surface area contributed by atoms with Gasteiger partial charge in [-0.25, -0.2) is 4.98 Å². The molecule has 1 aromatic heterocycles. The van der Waals surface area contributed by atoms with Crippen LogP contribution in [0.4, 0.5) is 0 Å². The summed E-state index contributed by atoms with van der Waals surface area (Å²) < 4.78 is 7.98. The van der Waals surface area contributed by atoms with E-state index in [-0.39, 0.29) is 11.6 Å². The van der Waals surface area contributed by atoms with Crippen LogP contribution in [-0.2, 0) is 17.7 Å². The van der Waals surface area contributed by atoms with Crippen molar-refractivity contribution in [2.45, 2.75) is 64.1 Å². The maximum atomic E-state index is 6.00. The molecule has 114 valence electrons. The van der Waals surface area contributed by atoms with Gasteiger partial charge < -0.3 is 10.1 Å². The van der Waals surface area contributed by atoms with Crippen LogP contribution in [0.5, 0.6) is 0 Å². The number of likely N-dealkylation sites (N-methyl/N-ethyl adjacent to an activating group) is 1. The summed E-state index contributed by atoms with van der Waals surface area (Å²) in [6.07, 6.45) is 7.31. The van der Waals surface area contributed by atoms with Crippen LogP contribution in [0.2, 0.25) is 0 Å². The Kier molecular flexibility index (Phi) is 5.16. The summed E-state index contributed by atoms with van der Waals surface area (Å²) in [6.45, 7) is 5.29. The van der Waals surface area contributed by atoms with Gasteiger partial charge in [0.15, 0.2) is 0 Å². The number of hydrogen-bond donors (Lipinski definition) is 1. The average molecular weight is 280 g/mol. The molecule has 1 aliphatic rings. The van der Waals surface area contributed by atoms with Crippen LogP contribution >= 0.6 is 0 Å². The van der Waals surface area contributed by atoms with E-state index >= 15 is 0 Å². The lowest BCUT2D eigenvalue weighted by Crippen LogP contribution is -2.54. The molecule has 5 nitrogen and oxygen atoms in total. The van der Waals surface area contributed by atoms with Crippen molar-refractivity contribution in [3.63, 3.8) is 0 Å². The third-order valence-electron chi connectivity index (χ3n) is 4.76. The van der Waals surface area contributed by atoms with Gasteiger partial charge in [-0.15, -0.1) is 0 Å². The Morgan fingerprint density at radius 2 is 2.40 bits per heavy atom. The van der Waals surface area contributed by atoms with E-state index < -0.39 is 0 Å². The normalized spacial score (nSPS) is 28.5. The summed E-state index contributed by atoms with van der Waals surface area (Å²) in [5, 5.41) is 7.74. The molecule has 1 aliphatic carbocycles. The van der Waals surface area contributed by atoms with Crippen LogP contribution in [0, 0.1) is 5.92 Å². The van der Waals surface area contributed by atoms with Crippen molar-refractivity contribution in [2.75, 3.05) is 14.2 Å². The molecular weight excluding hydrogens is 252 g/mol. The molecule has 3 unspecified atom stereocenters. The van der Waals surface area contributed by atoms with E-state index in [1.54, 1.807) is 6.33 Å². The SMILES string of the molecule is CCn1ncnc1CC(NC)C1(OC)CCCC(C)C1. The zero-order chi connectivity index (χ0) is 14.6. The first-order valence-electron chi connectivity index (χ1n) is 7.74. The number of hydrogen-bond acceptors (Lipinski definition) is 4. The van der Waals surface area contributed by atoms with Gasteiger partial charge in [-0.1, -0.05) is 19.8 Å². The molecule has 0 bridgehead atoms. The van der Waals surface area contributed by atoms with E-state index in [9.17, 15) is 0 Å². The maximum Gasteiger partial charge on any atom is 0.138 e. The standard InChI is InChI=1S/C15H28N4O/c1-5-19-14(17-11-18-19)9-13(16-3)15(20-4)8-6-7-12(2)10-15/h11-13,16H,5-10H2,1-4H3. The topological polar surface area (TPSA) is 52.0 Å². The summed E-state index contributed by atoms with van der Waals surface area (Å²) in [4.78, 5) is 4.41. The van der Waals surface area contributed by atoms with E-state index in [2.05, 4.69) is 29.2 Å². The fourth-order valence-corrected chi connectivity index (χ4v) is 3.63. The number of nitrogens with one attached hydrogen (secondary N) is 1. The second-order valence-electron chi connectivity index (χ2n) is 6.01. The van der Waals surface area contributed by atoms with Crippen LogP contribution in [-0.4, -0.2) is 40.6 Å². The largest absolute Gasteiger partial charge is 0.377 e. The maximum absolute atomic E-state index is 6.00. The molecule has 1 heterocycles. The highest BCUT2D eigenvalue weighted by Gasteiger charge is 2.42. The number of rotatable bonds is 6. The van der Waals surface area contributed by atoms with Gasteiger partial charge in [-0.2, -0.15) is 5.10 Å². The molecule has 1 aromatic rings. The van der Waals surface area contributed by atoms with Gasteiger partial charge in [-0.05, 0) is 32.7 Å². The quantitative estimate of drug-likeness (QED) is 0.866. The Hall–Kier alpha value is -0.940. The highest BCUT2D eigenvalue weighted by Crippen LogP contribution is 2.38. The Morgan fingerprint density at radius 3 is 3.00 bits per heavy atom. The molecule has 0 amide bonds. The fourth-order valence-electron chi connectivity index (χ4n) is 3.63. The third-order valence-corrected chi connectivity index (χ3v) is 4.76. The van der Waals surface area contributed by atoms with Crippen molar-refractivity contribution < 1.29 is 4.74 Å². The molecule has 5 heteroatoms. The molecule has 3 atom stereocenters. The molecule has 1 N–H and O–H groups in total. The van der Waals surface area contributed by atoms with Gasteiger partial charge in [0, 0.05) is 26.1 Å².